The third-order valence-corrected chi connectivity index (χ3v) is 6.29. The second-order valence-electron chi connectivity index (χ2n) is 7.10. The summed E-state index contributed by atoms with van der Waals surface area (Å²) in [6, 6.07) is 12.3. The van der Waals surface area contributed by atoms with Gasteiger partial charge in [-0.05, 0) is 31.4 Å². The van der Waals surface area contributed by atoms with E-state index >= 15 is 0 Å². The highest BCUT2D eigenvalue weighted by Crippen LogP contribution is 2.25. The number of carbonyl (C=O) groups is 1. The Labute approximate surface area is 158 Å². The number of ketones is 1. The average Bonchev–Trinajstić information content (AvgIpc) is 3.27. The first-order chi connectivity index (χ1) is 12.6. The molecular weight excluding hydrogens is 342 g/mol. The molecule has 1 saturated heterocycles. The van der Waals surface area contributed by atoms with Crippen LogP contribution in [0.5, 0.6) is 0 Å². The quantitative estimate of drug-likeness (QED) is 0.695. The number of aromatic amines is 1. The number of carbonyl (C=O) groups excluding carboxylic acids is 1. The zero-order chi connectivity index (χ0) is 18.1. The Morgan fingerprint density at radius 2 is 1.92 bits per heavy atom. The number of nitrogens with one attached hydrogen (secondary N) is 1. The predicted molar refractivity (Wildman–Crippen MR) is 108 cm³/mol. The van der Waals surface area contributed by atoms with E-state index in [0.29, 0.717) is 0 Å². The molecule has 1 aliphatic heterocycles. The summed E-state index contributed by atoms with van der Waals surface area (Å²) >= 11 is 1.82. The van der Waals surface area contributed by atoms with Crippen molar-refractivity contribution in [2.75, 3.05) is 26.2 Å². The molecule has 4 nitrogen and oxygen atoms in total. The summed E-state index contributed by atoms with van der Waals surface area (Å²) in [5, 5.41) is 3.17. The van der Waals surface area contributed by atoms with Crippen LogP contribution < -0.4 is 0 Å². The minimum Gasteiger partial charge on any atom is -0.358 e. The fourth-order valence-electron chi connectivity index (χ4n) is 3.90. The number of para-hydroxylation sites is 1. The van der Waals surface area contributed by atoms with Gasteiger partial charge in [0.2, 0.25) is 0 Å². The number of hydrogen-bond donors (Lipinski definition) is 1. The summed E-state index contributed by atoms with van der Waals surface area (Å²) in [6.07, 6.45) is 0. The molecule has 0 aliphatic carbocycles. The van der Waals surface area contributed by atoms with Crippen molar-refractivity contribution in [3.63, 3.8) is 0 Å². The Hall–Kier alpha value is -1.95. The average molecular weight is 368 g/mol. The van der Waals surface area contributed by atoms with Crippen LogP contribution in [0.4, 0.5) is 0 Å². The molecule has 0 saturated carbocycles. The van der Waals surface area contributed by atoms with Crippen molar-refractivity contribution < 1.29 is 4.79 Å². The predicted octanol–water partition coefficient (Wildman–Crippen LogP) is 3.93. The number of nitrogens with zero attached hydrogens (tertiary/aromatic N) is 2. The molecule has 1 N–H and O–H groups in total. The second kappa shape index (κ2) is 7.35. The zero-order valence-corrected chi connectivity index (χ0v) is 16.2. The molecule has 0 spiro atoms. The number of hydrogen-bond acceptors (Lipinski definition) is 4. The largest absolute Gasteiger partial charge is 0.358 e. The van der Waals surface area contributed by atoms with E-state index in [1.54, 1.807) is 0 Å². The van der Waals surface area contributed by atoms with E-state index < -0.39 is 0 Å². The van der Waals surface area contributed by atoms with Crippen LogP contribution >= 0.6 is 11.3 Å². The minimum absolute atomic E-state index is 0.0863. The lowest BCUT2D eigenvalue weighted by atomic mass is 10.0. The summed E-state index contributed by atoms with van der Waals surface area (Å²) in [4.78, 5) is 22.8. The third-order valence-electron chi connectivity index (χ3n) is 5.43. The molecular formula is C21H25N3OS. The fraction of sp³-hybridized carbons (Fsp3) is 0.381. The maximum Gasteiger partial charge on any atom is 0.182 e. The lowest BCUT2D eigenvalue weighted by Gasteiger charge is -2.37. The first-order valence-electron chi connectivity index (χ1n) is 9.24. The van der Waals surface area contributed by atoms with Crippen LogP contribution in [0, 0.1) is 6.92 Å². The first-order valence-corrected chi connectivity index (χ1v) is 10.1. The van der Waals surface area contributed by atoms with Crippen LogP contribution in [0.2, 0.25) is 0 Å². The van der Waals surface area contributed by atoms with Gasteiger partial charge in [-0.25, -0.2) is 0 Å². The van der Waals surface area contributed by atoms with Crippen molar-refractivity contribution in [3.05, 3.63) is 57.9 Å². The topological polar surface area (TPSA) is 39.3 Å². The second-order valence-corrected chi connectivity index (χ2v) is 8.13. The van der Waals surface area contributed by atoms with Crippen molar-refractivity contribution in [1.82, 2.24) is 14.8 Å². The molecule has 2 aromatic heterocycles. The molecule has 26 heavy (non-hydrogen) atoms. The summed E-state index contributed by atoms with van der Waals surface area (Å²) in [7, 11) is 0. The molecule has 1 atom stereocenters. The van der Waals surface area contributed by atoms with E-state index in [4.69, 9.17) is 0 Å². The minimum atomic E-state index is -0.0863. The molecule has 0 radical (unpaired) electrons. The van der Waals surface area contributed by atoms with Gasteiger partial charge in [0.25, 0.3) is 0 Å². The Bertz CT molecular complexity index is 891. The van der Waals surface area contributed by atoms with Crippen molar-refractivity contribution >= 4 is 28.0 Å². The normalized spacial score (nSPS) is 17.6. The molecule has 1 aliphatic rings. The lowest BCUT2D eigenvalue weighted by molar-refractivity contribution is 0.0690. The molecule has 3 aromatic rings. The Balaban J connectivity index is 1.44. The summed E-state index contributed by atoms with van der Waals surface area (Å²) in [5.41, 5.74) is 2.87. The van der Waals surface area contributed by atoms with Gasteiger partial charge < -0.3 is 4.98 Å². The fourth-order valence-corrected chi connectivity index (χ4v) is 4.65. The van der Waals surface area contributed by atoms with Crippen molar-refractivity contribution in [1.29, 1.82) is 0 Å². The van der Waals surface area contributed by atoms with Crippen LogP contribution in [0.3, 0.4) is 0 Å². The molecule has 0 bridgehead atoms. The zero-order valence-electron chi connectivity index (χ0n) is 15.4. The van der Waals surface area contributed by atoms with Crippen LogP contribution in [0.25, 0.3) is 10.9 Å². The summed E-state index contributed by atoms with van der Waals surface area (Å²) < 4.78 is 0. The summed E-state index contributed by atoms with van der Waals surface area (Å²) in [5.74, 6) is 0.228. The van der Waals surface area contributed by atoms with Crippen LogP contribution in [0.15, 0.2) is 41.8 Å². The van der Waals surface area contributed by atoms with Gasteiger partial charge >= 0.3 is 0 Å². The number of aryl methyl sites for hydroxylation is 1. The Kier molecular flexibility index (Phi) is 4.94. The maximum atomic E-state index is 13.2. The SMILES string of the molecule is Cc1[nH]c2ccccc2c1C(=O)[C@H](C)N1CCN(Cc2cccs2)CC1. The number of fused-ring (bicyclic) bond motifs is 1. The van der Waals surface area contributed by atoms with Crippen molar-refractivity contribution in [3.8, 4) is 0 Å². The van der Waals surface area contributed by atoms with Gasteiger partial charge in [0.1, 0.15) is 0 Å². The molecule has 0 unspecified atom stereocenters. The molecule has 1 aromatic carbocycles. The van der Waals surface area contributed by atoms with Gasteiger partial charge in [-0.2, -0.15) is 0 Å². The number of benzene rings is 1. The van der Waals surface area contributed by atoms with Crippen molar-refractivity contribution in [2.24, 2.45) is 0 Å². The monoisotopic (exact) mass is 367 g/mol. The van der Waals surface area contributed by atoms with E-state index in [9.17, 15) is 4.79 Å². The lowest BCUT2D eigenvalue weighted by Crippen LogP contribution is -2.51. The molecule has 0 amide bonds. The molecule has 136 valence electrons. The highest BCUT2D eigenvalue weighted by atomic mass is 32.1. The van der Waals surface area contributed by atoms with E-state index in [1.807, 2.05) is 42.5 Å². The summed E-state index contributed by atoms with van der Waals surface area (Å²) in [6.45, 7) is 9.00. The van der Waals surface area contributed by atoms with Crippen LogP contribution in [-0.2, 0) is 6.54 Å². The van der Waals surface area contributed by atoms with Gasteiger partial charge in [-0.3, -0.25) is 14.6 Å². The van der Waals surface area contributed by atoms with Crippen molar-refractivity contribution in [2.45, 2.75) is 26.4 Å². The van der Waals surface area contributed by atoms with Gasteiger partial charge in [0.05, 0.1) is 6.04 Å². The van der Waals surface area contributed by atoms with Gasteiger partial charge in [-0.1, -0.05) is 24.3 Å². The van der Waals surface area contributed by atoms with Gasteiger partial charge in [0, 0.05) is 59.8 Å². The van der Waals surface area contributed by atoms with E-state index in [-0.39, 0.29) is 11.8 Å². The van der Waals surface area contributed by atoms with Crippen LogP contribution in [-0.4, -0.2) is 52.8 Å². The Morgan fingerprint density at radius 3 is 2.65 bits per heavy atom. The Morgan fingerprint density at radius 1 is 1.15 bits per heavy atom. The number of H-pyrrole nitrogens is 1. The van der Waals surface area contributed by atoms with E-state index in [0.717, 1.165) is 54.9 Å². The highest BCUT2D eigenvalue weighted by molar-refractivity contribution is 7.09. The van der Waals surface area contributed by atoms with E-state index in [1.165, 1.54) is 4.88 Å². The van der Waals surface area contributed by atoms with Crippen LogP contribution in [0.1, 0.15) is 27.9 Å². The molecule has 1 fully saturated rings. The third kappa shape index (κ3) is 3.34. The van der Waals surface area contributed by atoms with E-state index in [2.05, 4.69) is 39.2 Å². The number of aromatic nitrogens is 1. The number of piperazine rings is 1. The number of thiophene rings is 1. The number of Topliss-reactive ketones (excluding diaryl/α,β-unsaturated/α-hetero) is 1. The van der Waals surface area contributed by atoms with Gasteiger partial charge in [0.15, 0.2) is 5.78 Å². The maximum absolute atomic E-state index is 13.2. The first kappa shape index (κ1) is 17.5. The highest BCUT2D eigenvalue weighted by Gasteiger charge is 2.28. The van der Waals surface area contributed by atoms with Gasteiger partial charge in [-0.15, -0.1) is 11.3 Å². The molecule has 3 heterocycles. The molecule has 4 rings (SSSR count). The smallest absolute Gasteiger partial charge is 0.182 e. The number of rotatable bonds is 5. The molecule has 5 heteroatoms. The standard InChI is InChI=1S/C21H25N3OS/c1-15-20(18-7-3-4-8-19(18)22-15)21(25)16(2)24-11-9-23(10-12-24)14-17-6-5-13-26-17/h3-8,13,16,22H,9-12,14H2,1-2H3/t16-/m0/s1.